The predicted octanol–water partition coefficient (Wildman–Crippen LogP) is 1.04. The number of amides is 1. The number of nitrogens with zero attached hydrogens (tertiary/aromatic N) is 3. The lowest BCUT2D eigenvalue weighted by Crippen LogP contribution is -2.26. The van der Waals surface area contributed by atoms with Crippen LogP contribution < -0.4 is 16.2 Å². The Morgan fingerprint density at radius 3 is 2.72 bits per heavy atom. The minimum atomic E-state index is -0.154. The van der Waals surface area contributed by atoms with Crippen LogP contribution in [0.5, 0.6) is 0 Å². The van der Waals surface area contributed by atoms with Gasteiger partial charge in [0.1, 0.15) is 5.82 Å². The largest absolute Gasteiger partial charge is 0.310 e. The average molecular weight is 243 g/mol. The highest BCUT2D eigenvalue weighted by molar-refractivity contribution is 6.05. The maximum absolute atomic E-state index is 12.2. The van der Waals surface area contributed by atoms with Crippen molar-refractivity contribution in [3.63, 3.8) is 0 Å². The first-order chi connectivity index (χ1) is 8.72. The summed E-state index contributed by atoms with van der Waals surface area (Å²) in [5.74, 6) is 5.57. The van der Waals surface area contributed by atoms with Crippen LogP contribution in [0.15, 0.2) is 42.9 Å². The van der Waals surface area contributed by atoms with Gasteiger partial charge in [-0.1, -0.05) is 0 Å². The Labute approximate surface area is 104 Å². The first kappa shape index (κ1) is 12.0. The highest BCUT2D eigenvalue weighted by atomic mass is 16.2. The van der Waals surface area contributed by atoms with Gasteiger partial charge >= 0.3 is 0 Å². The second-order valence-electron chi connectivity index (χ2n) is 3.65. The number of nitrogens with two attached hydrogens (primary N) is 1. The highest BCUT2D eigenvalue weighted by Gasteiger charge is 2.13. The van der Waals surface area contributed by atoms with Crippen molar-refractivity contribution in [1.82, 2.24) is 9.97 Å². The first-order valence-corrected chi connectivity index (χ1v) is 5.33. The van der Waals surface area contributed by atoms with E-state index in [1.807, 2.05) is 6.07 Å². The van der Waals surface area contributed by atoms with Gasteiger partial charge in [0, 0.05) is 19.4 Å². The van der Waals surface area contributed by atoms with E-state index >= 15 is 0 Å². The van der Waals surface area contributed by atoms with Gasteiger partial charge in [0.15, 0.2) is 0 Å². The van der Waals surface area contributed by atoms with Crippen LogP contribution in [0.3, 0.4) is 0 Å². The van der Waals surface area contributed by atoms with Crippen LogP contribution in [0.25, 0.3) is 0 Å². The lowest BCUT2D eigenvalue weighted by atomic mass is 10.2. The number of rotatable bonds is 3. The summed E-state index contributed by atoms with van der Waals surface area (Å²) in [7, 11) is 1.69. The van der Waals surface area contributed by atoms with Crippen molar-refractivity contribution >= 4 is 17.4 Å². The summed E-state index contributed by atoms with van der Waals surface area (Å²) >= 11 is 0. The molecule has 0 atom stereocenters. The van der Waals surface area contributed by atoms with Gasteiger partial charge in [0.05, 0.1) is 17.4 Å². The zero-order valence-electron chi connectivity index (χ0n) is 9.87. The maximum atomic E-state index is 12.2. The van der Waals surface area contributed by atoms with Gasteiger partial charge in [-0.25, -0.2) is 10.8 Å². The number of aromatic nitrogens is 2. The van der Waals surface area contributed by atoms with Crippen LogP contribution in [-0.2, 0) is 0 Å². The zero-order chi connectivity index (χ0) is 13.0. The molecule has 18 heavy (non-hydrogen) atoms. The molecule has 6 nitrogen and oxygen atoms in total. The smallest absolute Gasteiger partial charge is 0.259 e. The minimum Gasteiger partial charge on any atom is -0.310 e. The molecular weight excluding hydrogens is 230 g/mol. The zero-order valence-corrected chi connectivity index (χ0v) is 9.87. The molecule has 2 heterocycles. The topological polar surface area (TPSA) is 84.1 Å². The molecule has 2 aromatic rings. The summed E-state index contributed by atoms with van der Waals surface area (Å²) < 4.78 is 0. The molecule has 0 aliphatic carbocycles. The summed E-state index contributed by atoms with van der Waals surface area (Å²) in [6, 6.07) is 6.90. The fourth-order valence-corrected chi connectivity index (χ4v) is 1.47. The Kier molecular flexibility index (Phi) is 3.49. The van der Waals surface area contributed by atoms with E-state index in [2.05, 4.69) is 15.4 Å². The molecule has 2 rings (SSSR count). The van der Waals surface area contributed by atoms with Crippen molar-refractivity contribution in [2.24, 2.45) is 5.84 Å². The number of hydrazine groups is 1. The Morgan fingerprint density at radius 2 is 2.17 bits per heavy atom. The lowest BCUT2D eigenvalue weighted by molar-refractivity contribution is 0.0992. The second kappa shape index (κ2) is 5.24. The second-order valence-corrected chi connectivity index (χ2v) is 3.65. The molecule has 0 saturated heterocycles. The SMILES string of the molecule is CN(C(=O)c1ccc(NN)nc1)c1cccnc1. The number of carbonyl (C=O) groups is 1. The van der Waals surface area contributed by atoms with E-state index < -0.39 is 0 Å². The van der Waals surface area contributed by atoms with Crippen LogP contribution in [0, 0.1) is 0 Å². The molecule has 0 saturated carbocycles. The summed E-state index contributed by atoms with van der Waals surface area (Å²) in [6.45, 7) is 0. The van der Waals surface area contributed by atoms with Crippen LogP contribution in [0.2, 0.25) is 0 Å². The third-order valence-electron chi connectivity index (χ3n) is 2.50. The van der Waals surface area contributed by atoms with E-state index in [-0.39, 0.29) is 5.91 Å². The molecule has 0 aliphatic heterocycles. The third kappa shape index (κ3) is 2.44. The van der Waals surface area contributed by atoms with Gasteiger partial charge in [-0.15, -0.1) is 0 Å². The van der Waals surface area contributed by atoms with Crippen molar-refractivity contribution in [3.05, 3.63) is 48.4 Å². The molecule has 3 N–H and O–H groups in total. The van der Waals surface area contributed by atoms with E-state index in [0.717, 1.165) is 5.69 Å². The molecule has 0 bridgehead atoms. The number of carbonyl (C=O) groups excluding carboxylic acids is 1. The normalized spacial score (nSPS) is 9.89. The molecule has 92 valence electrons. The monoisotopic (exact) mass is 243 g/mol. The fourth-order valence-electron chi connectivity index (χ4n) is 1.47. The van der Waals surface area contributed by atoms with E-state index in [9.17, 15) is 4.79 Å². The molecule has 0 fully saturated rings. The standard InChI is InChI=1S/C12H13N5O/c1-17(10-3-2-6-14-8-10)12(18)9-4-5-11(16-13)15-7-9/h2-8H,13H2,1H3,(H,15,16). The molecule has 0 aliphatic rings. The summed E-state index contributed by atoms with van der Waals surface area (Å²) in [6.07, 6.45) is 4.76. The number of hydrogen-bond donors (Lipinski definition) is 2. The predicted molar refractivity (Wildman–Crippen MR) is 69.0 cm³/mol. The molecule has 0 aromatic carbocycles. The molecule has 2 aromatic heterocycles. The van der Waals surface area contributed by atoms with Crippen LogP contribution >= 0.6 is 0 Å². The van der Waals surface area contributed by atoms with Crippen molar-refractivity contribution < 1.29 is 4.79 Å². The molecular formula is C12H13N5O. The Balaban J connectivity index is 2.20. The quantitative estimate of drug-likeness (QED) is 0.621. The van der Waals surface area contributed by atoms with Crippen LogP contribution in [0.1, 0.15) is 10.4 Å². The van der Waals surface area contributed by atoms with Gasteiger partial charge in [0.25, 0.3) is 5.91 Å². The number of hydrogen-bond acceptors (Lipinski definition) is 5. The maximum Gasteiger partial charge on any atom is 0.259 e. The first-order valence-electron chi connectivity index (χ1n) is 5.33. The van der Waals surface area contributed by atoms with Crippen molar-refractivity contribution in [3.8, 4) is 0 Å². The van der Waals surface area contributed by atoms with E-state index in [4.69, 9.17) is 5.84 Å². The van der Waals surface area contributed by atoms with Crippen molar-refractivity contribution in [2.75, 3.05) is 17.4 Å². The number of pyridine rings is 2. The fraction of sp³-hybridized carbons (Fsp3) is 0.0833. The van der Waals surface area contributed by atoms with Gasteiger partial charge in [-0.3, -0.25) is 9.78 Å². The lowest BCUT2D eigenvalue weighted by Gasteiger charge is -2.16. The number of anilines is 2. The van der Waals surface area contributed by atoms with Crippen molar-refractivity contribution in [1.29, 1.82) is 0 Å². The number of nitrogen functional groups attached to an aromatic ring is 1. The van der Waals surface area contributed by atoms with Crippen molar-refractivity contribution in [2.45, 2.75) is 0 Å². The van der Waals surface area contributed by atoms with Gasteiger partial charge < -0.3 is 10.3 Å². The van der Waals surface area contributed by atoms with E-state index in [1.165, 1.54) is 11.1 Å². The molecule has 0 unspecified atom stereocenters. The summed E-state index contributed by atoms with van der Waals surface area (Å²) in [4.78, 5) is 21.6. The van der Waals surface area contributed by atoms with Crippen LogP contribution in [-0.4, -0.2) is 22.9 Å². The Morgan fingerprint density at radius 1 is 1.33 bits per heavy atom. The molecule has 0 spiro atoms. The number of nitrogens with one attached hydrogen (secondary N) is 1. The Hall–Kier alpha value is -2.47. The van der Waals surface area contributed by atoms with Crippen LogP contribution in [0.4, 0.5) is 11.5 Å². The average Bonchev–Trinajstić information content (AvgIpc) is 2.47. The minimum absolute atomic E-state index is 0.154. The summed E-state index contributed by atoms with van der Waals surface area (Å²) in [5.41, 5.74) is 3.62. The molecule has 1 amide bonds. The highest BCUT2D eigenvalue weighted by Crippen LogP contribution is 2.13. The van der Waals surface area contributed by atoms with Gasteiger partial charge in [-0.05, 0) is 24.3 Å². The summed E-state index contributed by atoms with van der Waals surface area (Å²) in [5, 5.41) is 0. The van der Waals surface area contributed by atoms with Gasteiger partial charge in [0.2, 0.25) is 0 Å². The Bertz CT molecular complexity index is 526. The van der Waals surface area contributed by atoms with E-state index in [0.29, 0.717) is 11.4 Å². The van der Waals surface area contributed by atoms with E-state index in [1.54, 1.807) is 37.6 Å². The van der Waals surface area contributed by atoms with Gasteiger partial charge in [-0.2, -0.15) is 0 Å². The molecule has 0 radical (unpaired) electrons. The third-order valence-corrected chi connectivity index (χ3v) is 2.50. The molecule has 6 heteroatoms.